The van der Waals surface area contributed by atoms with Crippen LogP contribution < -0.4 is 5.32 Å². The molecule has 5 heteroatoms. The average Bonchev–Trinajstić information content (AvgIpc) is 2.87. The highest BCUT2D eigenvalue weighted by atomic mass is 16.6. The molecule has 2 aliphatic heterocycles. The molecule has 1 aromatic rings. The van der Waals surface area contributed by atoms with Gasteiger partial charge in [-0.2, -0.15) is 0 Å². The third-order valence-electron chi connectivity index (χ3n) is 4.35. The van der Waals surface area contributed by atoms with Gasteiger partial charge >= 0.3 is 6.09 Å². The highest BCUT2D eigenvalue weighted by Gasteiger charge is 2.42. The van der Waals surface area contributed by atoms with E-state index in [1.807, 2.05) is 25.7 Å². The quantitative estimate of drug-likeness (QED) is 0.798. The number of piperidine rings is 1. The summed E-state index contributed by atoms with van der Waals surface area (Å²) in [5.74, 6) is 1.10. The first kappa shape index (κ1) is 14.4. The Morgan fingerprint density at radius 1 is 1.38 bits per heavy atom. The second kappa shape index (κ2) is 5.05. The van der Waals surface area contributed by atoms with Crippen molar-refractivity contribution in [3.8, 4) is 0 Å². The number of carbonyl (C=O) groups excluding carboxylic acids is 1. The van der Waals surface area contributed by atoms with E-state index in [0.29, 0.717) is 13.1 Å². The first-order chi connectivity index (χ1) is 9.90. The summed E-state index contributed by atoms with van der Waals surface area (Å²) in [6.45, 7) is 8.07. The Morgan fingerprint density at radius 2 is 2.10 bits per heavy atom. The molecule has 3 rings (SSSR count). The van der Waals surface area contributed by atoms with Crippen LogP contribution in [0.5, 0.6) is 0 Å². The van der Waals surface area contributed by atoms with Crippen LogP contribution in [-0.2, 0) is 16.7 Å². The van der Waals surface area contributed by atoms with E-state index in [1.165, 1.54) is 5.56 Å². The maximum absolute atomic E-state index is 12.1. The minimum Gasteiger partial charge on any atom is -0.469 e. The molecule has 0 bridgehead atoms. The summed E-state index contributed by atoms with van der Waals surface area (Å²) in [6.07, 6.45) is 4.32. The fraction of sp³-hybridized carbons (Fsp3) is 0.688. The van der Waals surface area contributed by atoms with E-state index in [1.54, 1.807) is 6.26 Å². The molecule has 0 saturated carbocycles. The van der Waals surface area contributed by atoms with Crippen LogP contribution in [0.25, 0.3) is 0 Å². The van der Waals surface area contributed by atoms with Gasteiger partial charge in [0.1, 0.15) is 11.4 Å². The van der Waals surface area contributed by atoms with E-state index in [-0.39, 0.29) is 11.6 Å². The van der Waals surface area contributed by atoms with Crippen LogP contribution in [0.1, 0.15) is 44.9 Å². The monoisotopic (exact) mass is 292 g/mol. The maximum atomic E-state index is 12.1. The lowest BCUT2D eigenvalue weighted by molar-refractivity contribution is 0.0137. The zero-order chi connectivity index (χ0) is 15.1. The Hall–Kier alpha value is -1.49. The largest absolute Gasteiger partial charge is 0.469 e. The molecule has 1 amide bonds. The maximum Gasteiger partial charge on any atom is 0.410 e. The Morgan fingerprint density at radius 3 is 2.76 bits per heavy atom. The fourth-order valence-electron chi connectivity index (χ4n) is 3.31. The van der Waals surface area contributed by atoms with Crippen molar-refractivity contribution in [2.24, 2.45) is 0 Å². The van der Waals surface area contributed by atoms with Crippen LogP contribution in [-0.4, -0.2) is 36.2 Å². The molecule has 0 aliphatic carbocycles. The Kier molecular flexibility index (Phi) is 3.48. The van der Waals surface area contributed by atoms with Crippen molar-refractivity contribution >= 4 is 6.09 Å². The van der Waals surface area contributed by atoms with Gasteiger partial charge < -0.3 is 19.4 Å². The molecule has 1 N–H and O–H groups in total. The molecule has 0 radical (unpaired) electrons. The second-order valence-electron chi connectivity index (χ2n) is 6.98. The molecule has 1 spiro atoms. The number of fused-ring (bicyclic) bond motifs is 2. The summed E-state index contributed by atoms with van der Waals surface area (Å²) in [5, 5.41) is 3.65. The van der Waals surface area contributed by atoms with Gasteiger partial charge in [0.25, 0.3) is 0 Å². The van der Waals surface area contributed by atoms with Crippen molar-refractivity contribution < 1.29 is 13.9 Å². The lowest BCUT2D eigenvalue weighted by Gasteiger charge is -2.44. The van der Waals surface area contributed by atoms with Gasteiger partial charge in [0.2, 0.25) is 0 Å². The minimum absolute atomic E-state index is 0.0287. The summed E-state index contributed by atoms with van der Waals surface area (Å²) in [4.78, 5) is 14.0. The Bertz CT molecular complexity index is 522. The highest BCUT2D eigenvalue weighted by Crippen LogP contribution is 2.38. The van der Waals surface area contributed by atoms with Crippen molar-refractivity contribution in [1.29, 1.82) is 0 Å². The molecule has 116 valence electrons. The number of likely N-dealkylation sites (tertiary alicyclic amines) is 1. The van der Waals surface area contributed by atoms with Crippen LogP contribution in [0.15, 0.2) is 16.7 Å². The zero-order valence-electron chi connectivity index (χ0n) is 13.1. The Balaban J connectivity index is 1.68. The molecule has 1 saturated heterocycles. The SMILES string of the molecule is CC(C)(C)OC(=O)N1CCC2(CC1)NCCc1occc12. The summed E-state index contributed by atoms with van der Waals surface area (Å²) < 4.78 is 11.0. The highest BCUT2D eigenvalue weighted by molar-refractivity contribution is 5.68. The summed E-state index contributed by atoms with van der Waals surface area (Å²) in [6, 6.07) is 2.07. The van der Waals surface area contributed by atoms with E-state index >= 15 is 0 Å². The number of furan rings is 1. The number of rotatable bonds is 0. The van der Waals surface area contributed by atoms with Crippen LogP contribution >= 0.6 is 0 Å². The molecule has 0 unspecified atom stereocenters. The van der Waals surface area contributed by atoms with Crippen molar-refractivity contribution in [3.63, 3.8) is 0 Å². The number of hydrogen-bond donors (Lipinski definition) is 1. The van der Waals surface area contributed by atoms with Crippen molar-refractivity contribution in [2.75, 3.05) is 19.6 Å². The number of nitrogens with one attached hydrogen (secondary N) is 1. The number of ether oxygens (including phenoxy) is 1. The van der Waals surface area contributed by atoms with Gasteiger partial charge in [0.15, 0.2) is 0 Å². The van der Waals surface area contributed by atoms with Crippen LogP contribution in [0.2, 0.25) is 0 Å². The van der Waals surface area contributed by atoms with E-state index in [2.05, 4.69) is 11.4 Å². The molecular weight excluding hydrogens is 268 g/mol. The number of nitrogens with zero attached hydrogens (tertiary/aromatic N) is 1. The minimum atomic E-state index is -0.437. The van der Waals surface area contributed by atoms with Gasteiger partial charge in [-0.25, -0.2) is 4.79 Å². The third-order valence-corrected chi connectivity index (χ3v) is 4.35. The topological polar surface area (TPSA) is 54.7 Å². The average molecular weight is 292 g/mol. The molecule has 1 fully saturated rings. The van der Waals surface area contributed by atoms with Gasteiger partial charge in [-0.1, -0.05) is 0 Å². The number of amides is 1. The molecule has 3 heterocycles. The van der Waals surface area contributed by atoms with E-state index in [9.17, 15) is 4.79 Å². The van der Waals surface area contributed by atoms with E-state index in [0.717, 1.165) is 31.6 Å². The van der Waals surface area contributed by atoms with Crippen LogP contribution in [0.4, 0.5) is 4.79 Å². The lowest BCUT2D eigenvalue weighted by Crippen LogP contribution is -2.55. The molecule has 1 aromatic heterocycles. The standard InChI is InChI=1S/C16H24N2O3/c1-15(2,3)21-14(19)18-9-6-16(7-10-18)12-5-11-20-13(12)4-8-17-16/h5,11,17H,4,6-10H2,1-3H3. The van der Waals surface area contributed by atoms with Crippen molar-refractivity contribution in [3.05, 3.63) is 23.7 Å². The lowest BCUT2D eigenvalue weighted by atomic mass is 9.78. The summed E-state index contributed by atoms with van der Waals surface area (Å²) >= 11 is 0. The Labute approximate surface area is 125 Å². The fourth-order valence-corrected chi connectivity index (χ4v) is 3.31. The third kappa shape index (κ3) is 2.79. The van der Waals surface area contributed by atoms with Gasteiger partial charge in [0, 0.05) is 31.6 Å². The van der Waals surface area contributed by atoms with Gasteiger partial charge in [0.05, 0.1) is 11.8 Å². The molecular formula is C16H24N2O3. The normalized spacial score (nSPS) is 21.2. The molecule has 2 aliphatic rings. The number of hydrogen-bond acceptors (Lipinski definition) is 4. The first-order valence-electron chi connectivity index (χ1n) is 7.69. The zero-order valence-corrected chi connectivity index (χ0v) is 13.1. The summed E-state index contributed by atoms with van der Waals surface area (Å²) in [5.41, 5.74) is 0.809. The van der Waals surface area contributed by atoms with Gasteiger partial charge in [-0.3, -0.25) is 0 Å². The van der Waals surface area contributed by atoms with E-state index in [4.69, 9.17) is 9.15 Å². The molecule has 5 nitrogen and oxygen atoms in total. The second-order valence-corrected chi connectivity index (χ2v) is 6.98. The number of carbonyl (C=O) groups is 1. The van der Waals surface area contributed by atoms with E-state index < -0.39 is 5.60 Å². The van der Waals surface area contributed by atoms with Crippen molar-refractivity contribution in [2.45, 2.75) is 51.2 Å². The van der Waals surface area contributed by atoms with Gasteiger partial charge in [-0.15, -0.1) is 0 Å². The van der Waals surface area contributed by atoms with Gasteiger partial charge in [-0.05, 0) is 39.7 Å². The molecule has 0 atom stereocenters. The van der Waals surface area contributed by atoms with Crippen LogP contribution in [0, 0.1) is 0 Å². The molecule has 0 aromatic carbocycles. The van der Waals surface area contributed by atoms with Crippen molar-refractivity contribution in [1.82, 2.24) is 10.2 Å². The molecule has 21 heavy (non-hydrogen) atoms. The summed E-state index contributed by atoms with van der Waals surface area (Å²) in [7, 11) is 0. The van der Waals surface area contributed by atoms with Crippen LogP contribution in [0.3, 0.4) is 0 Å². The smallest absolute Gasteiger partial charge is 0.410 e. The predicted octanol–water partition coefficient (Wildman–Crippen LogP) is 2.65. The first-order valence-corrected chi connectivity index (χ1v) is 7.69. The predicted molar refractivity (Wildman–Crippen MR) is 79.1 cm³/mol.